The molecule has 3 heteroatoms. The van der Waals surface area contributed by atoms with Gasteiger partial charge in [-0.25, -0.2) is 0 Å². The molecule has 1 aromatic heterocycles. The van der Waals surface area contributed by atoms with Crippen LogP contribution in [0, 0.1) is 0 Å². The van der Waals surface area contributed by atoms with E-state index in [2.05, 4.69) is 4.98 Å². The van der Waals surface area contributed by atoms with E-state index in [1.165, 1.54) is 0 Å². The Labute approximate surface area is 87.7 Å². The number of ether oxygens (including phenoxy) is 1. The Bertz CT molecular complexity index is 139. The Morgan fingerprint density at radius 2 is 1.57 bits per heavy atom. The fraction of sp³-hybridized carbons (Fsp3) is 0.545. The lowest BCUT2D eigenvalue weighted by Gasteiger charge is -2.04. The molecule has 82 valence electrons. The zero-order valence-corrected chi connectivity index (χ0v) is 9.90. The second-order valence-electron chi connectivity index (χ2n) is 2.52. The minimum absolute atomic E-state index is 0.708. The summed E-state index contributed by atoms with van der Waals surface area (Å²) in [6, 6.07) is 5.72. The fourth-order valence-electron chi connectivity index (χ4n) is 0.571. The molecule has 0 amide bonds. The van der Waals surface area contributed by atoms with Gasteiger partial charge in [0.15, 0.2) is 0 Å². The lowest BCUT2D eigenvalue weighted by Crippen LogP contribution is -2.13. The van der Waals surface area contributed by atoms with Gasteiger partial charge in [-0.1, -0.05) is 19.9 Å². The van der Waals surface area contributed by atoms with Crippen LogP contribution >= 0.6 is 0 Å². The van der Waals surface area contributed by atoms with Gasteiger partial charge >= 0.3 is 0 Å². The van der Waals surface area contributed by atoms with E-state index in [4.69, 9.17) is 4.74 Å². The smallest absolute Gasteiger partial charge is 0.0981 e. The molecule has 0 spiro atoms. The van der Waals surface area contributed by atoms with Gasteiger partial charge in [0.25, 0.3) is 0 Å². The zero-order chi connectivity index (χ0) is 11.2. The highest BCUT2D eigenvalue weighted by atomic mass is 16.5. The standard InChI is InChI=1S/C5H5N.C4H11NO.C2H6/c1-2-4-6-5-3-1;1-5(2)4-6-3;1-2/h1-5H;4H2,1-3H3;1-2H3. The molecule has 0 unspecified atom stereocenters. The molecule has 1 rings (SSSR count). The minimum Gasteiger partial charge on any atom is -0.369 e. The molecule has 0 fully saturated rings. The van der Waals surface area contributed by atoms with Crippen LogP contribution in [0.4, 0.5) is 0 Å². The predicted molar refractivity (Wildman–Crippen MR) is 61.1 cm³/mol. The molecule has 0 N–H and O–H groups in total. The van der Waals surface area contributed by atoms with Gasteiger partial charge in [-0.05, 0) is 26.2 Å². The monoisotopic (exact) mass is 198 g/mol. The van der Waals surface area contributed by atoms with Crippen LogP contribution in [0.15, 0.2) is 30.6 Å². The first kappa shape index (κ1) is 15.5. The van der Waals surface area contributed by atoms with Gasteiger partial charge in [0.05, 0.1) is 6.73 Å². The summed E-state index contributed by atoms with van der Waals surface area (Å²) in [4.78, 5) is 5.74. The van der Waals surface area contributed by atoms with Gasteiger partial charge in [-0.15, -0.1) is 0 Å². The minimum atomic E-state index is 0.708. The van der Waals surface area contributed by atoms with Gasteiger partial charge in [0, 0.05) is 19.5 Å². The molecule has 3 nitrogen and oxygen atoms in total. The van der Waals surface area contributed by atoms with Crippen LogP contribution in [-0.4, -0.2) is 37.8 Å². The molecule has 0 atom stereocenters. The number of methoxy groups -OCH3 is 1. The highest BCUT2D eigenvalue weighted by molar-refractivity contribution is 4.88. The van der Waals surface area contributed by atoms with Crippen molar-refractivity contribution in [2.24, 2.45) is 0 Å². The highest BCUT2D eigenvalue weighted by Gasteiger charge is 1.78. The Balaban J connectivity index is 0. The number of nitrogens with zero attached hydrogens (tertiary/aromatic N) is 2. The molecule has 14 heavy (non-hydrogen) atoms. The van der Waals surface area contributed by atoms with Crippen molar-refractivity contribution in [3.05, 3.63) is 30.6 Å². The van der Waals surface area contributed by atoms with Crippen LogP contribution in [0.1, 0.15) is 13.8 Å². The highest BCUT2D eigenvalue weighted by Crippen LogP contribution is 1.73. The number of aromatic nitrogens is 1. The molecule has 0 aromatic carbocycles. The van der Waals surface area contributed by atoms with Crippen molar-refractivity contribution in [1.82, 2.24) is 9.88 Å². The quantitative estimate of drug-likeness (QED) is 0.682. The SMILES string of the molecule is CC.COCN(C)C.c1ccncc1. The molecule has 0 saturated heterocycles. The summed E-state index contributed by atoms with van der Waals surface area (Å²) < 4.78 is 4.73. The summed E-state index contributed by atoms with van der Waals surface area (Å²) in [6.07, 6.45) is 3.50. The van der Waals surface area contributed by atoms with Crippen molar-refractivity contribution in [2.75, 3.05) is 27.9 Å². The van der Waals surface area contributed by atoms with E-state index in [-0.39, 0.29) is 0 Å². The molecule has 0 aliphatic rings. The molecular weight excluding hydrogens is 176 g/mol. The molecule has 0 radical (unpaired) electrons. The van der Waals surface area contributed by atoms with E-state index >= 15 is 0 Å². The molecule has 1 aromatic rings. The third-order valence-electron chi connectivity index (χ3n) is 0.954. The lowest BCUT2D eigenvalue weighted by molar-refractivity contribution is 0.0994. The lowest BCUT2D eigenvalue weighted by atomic mass is 10.5. The normalized spacial score (nSPS) is 8.14. The summed E-state index contributed by atoms with van der Waals surface area (Å²) in [6.45, 7) is 4.71. The molecule has 0 saturated carbocycles. The third kappa shape index (κ3) is 17.2. The van der Waals surface area contributed by atoms with Crippen LogP contribution < -0.4 is 0 Å². The van der Waals surface area contributed by atoms with Gasteiger partial charge in [-0.2, -0.15) is 0 Å². The number of hydrogen-bond donors (Lipinski definition) is 0. The van der Waals surface area contributed by atoms with E-state index in [0.29, 0.717) is 6.73 Å². The van der Waals surface area contributed by atoms with Crippen LogP contribution in [0.3, 0.4) is 0 Å². The van der Waals surface area contributed by atoms with Crippen molar-refractivity contribution in [3.63, 3.8) is 0 Å². The Morgan fingerprint density at radius 1 is 1.07 bits per heavy atom. The maximum absolute atomic E-state index is 4.73. The largest absolute Gasteiger partial charge is 0.369 e. The Kier molecular flexibility index (Phi) is 16.2. The average molecular weight is 198 g/mol. The van der Waals surface area contributed by atoms with Gasteiger partial charge < -0.3 is 4.74 Å². The van der Waals surface area contributed by atoms with Gasteiger partial charge in [-0.3, -0.25) is 9.88 Å². The third-order valence-corrected chi connectivity index (χ3v) is 0.954. The summed E-state index contributed by atoms with van der Waals surface area (Å²) in [5, 5.41) is 0. The van der Waals surface area contributed by atoms with Crippen LogP contribution in [0.25, 0.3) is 0 Å². The molecular formula is C11H22N2O. The van der Waals surface area contributed by atoms with Gasteiger partial charge in [0.2, 0.25) is 0 Å². The maximum Gasteiger partial charge on any atom is 0.0981 e. The summed E-state index contributed by atoms with van der Waals surface area (Å²) in [7, 11) is 5.60. The summed E-state index contributed by atoms with van der Waals surface area (Å²) in [5.41, 5.74) is 0. The van der Waals surface area contributed by atoms with Crippen LogP contribution in [-0.2, 0) is 4.74 Å². The molecule has 1 heterocycles. The number of pyridine rings is 1. The van der Waals surface area contributed by atoms with Crippen molar-refractivity contribution < 1.29 is 4.74 Å². The Morgan fingerprint density at radius 3 is 1.64 bits per heavy atom. The fourth-order valence-corrected chi connectivity index (χ4v) is 0.571. The van der Waals surface area contributed by atoms with E-state index in [0.717, 1.165) is 0 Å². The van der Waals surface area contributed by atoms with Crippen molar-refractivity contribution >= 4 is 0 Å². The summed E-state index contributed by atoms with van der Waals surface area (Å²) >= 11 is 0. The molecule has 0 aliphatic carbocycles. The first-order valence-corrected chi connectivity index (χ1v) is 4.76. The van der Waals surface area contributed by atoms with Crippen LogP contribution in [0.2, 0.25) is 0 Å². The zero-order valence-electron chi connectivity index (χ0n) is 9.90. The van der Waals surface area contributed by atoms with E-state index in [1.807, 2.05) is 51.0 Å². The first-order chi connectivity index (χ1) is 6.77. The molecule has 0 aliphatic heterocycles. The first-order valence-electron chi connectivity index (χ1n) is 4.76. The predicted octanol–water partition coefficient (Wildman–Crippen LogP) is 2.26. The summed E-state index contributed by atoms with van der Waals surface area (Å²) in [5.74, 6) is 0. The van der Waals surface area contributed by atoms with Gasteiger partial charge in [0.1, 0.15) is 0 Å². The topological polar surface area (TPSA) is 25.4 Å². The average Bonchev–Trinajstić information content (AvgIpc) is 2.24. The van der Waals surface area contributed by atoms with E-state index in [1.54, 1.807) is 19.5 Å². The maximum atomic E-state index is 4.73. The Hall–Kier alpha value is -0.930. The molecule has 0 bridgehead atoms. The van der Waals surface area contributed by atoms with Crippen molar-refractivity contribution in [3.8, 4) is 0 Å². The number of hydrogen-bond acceptors (Lipinski definition) is 3. The second-order valence-corrected chi connectivity index (χ2v) is 2.52. The van der Waals surface area contributed by atoms with Crippen molar-refractivity contribution in [2.45, 2.75) is 13.8 Å². The van der Waals surface area contributed by atoms with Crippen molar-refractivity contribution in [1.29, 1.82) is 0 Å². The van der Waals surface area contributed by atoms with E-state index in [9.17, 15) is 0 Å². The number of rotatable bonds is 2. The van der Waals surface area contributed by atoms with Crippen LogP contribution in [0.5, 0.6) is 0 Å². The second kappa shape index (κ2) is 14.6. The van der Waals surface area contributed by atoms with E-state index < -0.39 is 0 Å².